The average Bonchev–Trinajstić information content (AvgIpc) is 2.47. The second kappa shape index (κ2) is 3.85. The molecule has 0 saturated carbocycles. The predicted molar refractivity (Wildman–Crippen MR) is 40.7 cm³/mol. The second-order valence-electron chi connectivity index (χ2n) is 2.44. The molecule has 0 spiro atoms. The van der Waals surface area contributed by atoms with Crippen molar-refractivity contribution in [3.63, 3.8) is 0 Å². The summed E-state index contributed by atoms with van der Waals surface area (Å²) in [6.07, 6.45) is -1.08. The molecule has 1 aromatic heterocycles. The minimum atomic E-state index is -1.08. The van der Waals surface area contributed by atoms with Crippen LogP contribution in [0, 0.1) is 0 Å². The third-order valence-corrected chi connectivity index (χ3v) is 1.29. The third-order valence-electron chi connectivity index (χ3n) is 1.29. The molecule has 1 atom stereocenters. The Morgan fingerprint density at radius 3 is 3.00 bits per heavy atom. The molecule has 1 unspecified atom stereocenters. The van der Waals surface area contributed by atoms with Gasteiger partial charge < -0.3 is 10.4 Å². The lowest BCUT2D eigenvalue weighted by Gasteiger charge is -2.03. The lowest BCUT2D eigenvalue weighted by atomic mass is 10.4. The van der Waals surface area contributed by atoms with E-state index in [0.29, 0.717) is 0 Å². The molecule has 72 valence electrons. The molecule has 0 bridgehead atoms. The van der Waals surface area contributed by atoms with Crippen molar-refractivity contribution in [3.05, 3.63) is 16.4 Å². The molecule has 0 radical (unpaired) electrons. The number of hydrogen-bond acceptors (Lipinski definition) is 5. The Labute approximate surface area is 72.7 Å². The molecular formula is C6H9N3O4. The SMILES string of the molecule is CC(O)C(=O)NCc1noc(=O)[nH]1. The Bertz CT molecular complexity index is 340. The number of aromatic nitrogens is 2. The van der Waals surface area contributed by atoms with E-state index in [0.717, 1.165) is 0 Å². The van der Waals surface area contributed by atoms with E-state index in [2.05, 4.69) is 20.0 Å². The monoisotopic (exact) mass is 187 g/mol. The van der Waals surface area contributed by atoms with E-state index in [4.69, 9.17) is 5.11 Å². The fraction of sp³-hybridized carbons (Fsp3) is 0.500. The molecule has 0 aromatic carbocycles. The van der Waals surface area contributed by atoms with Gasteiger partial charge in [0.1, 0.15) is 6.10 Å². The number of nitrogens with zero attached hydrogens (tertiary/aromatic N) is 1. The number of hydrogen-bond donors (Lipinski definition) is 3. The van der Waals surface area contributed by atoms with Gasteiger partial charge in [0.05, 0.1) is 6.54 Å². The minimum absolute atomic E-state index is 0.0233. The van der Waals surface area contributed by atoms with Crippen LogP contribution in [0.2, 0.25) is 0 Å². The van der Waals surface area contributed by atoms with Crippen molar-refractivity contribution < 1.29 is 14.4 Å². The van der Waals surface area contributed by atoms with E-state index in [9.17, 15) is 9.59 Å². The highest BCUT2D eigenvalue weighted by molar-refractivity contribution is 5.79. The summed E-state index contributed by atoms with van der Waals surface area (Å²) < 4.78 is 4.18. The van der Waals surface area contributed by atoms with Gasteiger partial charge in [-0.2, -0.15) is 0 Å². The van der Waals surface area contributed by atoms with Gasteiger partial charge in [0.2, 0.25) is 5.91 Å². The highest BCUT2D eigenvalue weighted by Gasteiger charge is 2.08. The van der Waals surface area contributed by atoms with Crippen LogP contribution in [0.5, 0.6) is 0 Å². The Morgan fingerprint density at radius 2 is 2.54 bits per heavy atom. The van der Waals surface area contributed by atoms with Crippen molar-refractivity contribution in [1.29, 1.82) is 0 Å². The molecule has 3 N–H and O–H groups in total. The number of carbonyl (C=O) groups excluding carboxylic acids is 1. The van der Waals surface area contributed by atoms with Crippen LogP contribution in [0.1, 0.15) is 12.7 Å². The first-order valence-electron chi connectivity index (χ1n) is 3.60. The number of carbonyl (C=O) groups is 1. The van der Waals surface area contributed by atoms with Crippen LogP contribution in [0.15, 0.2) is 9.32 Å². The highest BCUT2D eigenvalue weighted by Crippen LogP contribution is 1.85. The number of aliphatic hydroxyl groups is 1. The summed E-state index contributed by atoms with van der Waals surface area (Å²) in [7, 11) is 0. The molecule has 0 aliphatic carbocycles. The van der Waals surface area contributed by atoms with Gasteiger partial charge in [-0.3, -0.25) is 14.3 Å². The number of H-pyrrole nitrogens is 1. The Balaban J connectivity index is 2.44. The zero-order chi connectivity index (χ0) is 9.84. The maximum Gasteiger partial charge on any atom is 0.438 e. The molecule has 13 heavy (non-hydrogen) atoms. The van der Waals surface area contributed by atoms with E-state index in [1.165, 1.54) is 6.92 Å². The van der Waals surface area contributed by atoms with Crippen LogP contribution < -0.4 is 11.1 Å². The first-order valence-corrected chi connectivity index (χ1v) is 3.60. The Hall–Kier alpha value is -1.63. The van der Waals surface area contributed by atoms with Crippen molar-refractivity contribution >= 4 is 5.91 Å². The van der Waals surface area contributed by atoms with Gasteiger partial charge in [0.25, 0.3) is 0 Å². The molecule has 1 amide bonds. The third kappa shape index (κ3) is 2.71. The normalized spacial score (nSPS) is 12.5. The first-order chi connectivity index (χ1) is 6.09. The zero-order valence-corrected chi connectivity index (χ0v) is 6.90. The van der Waals surface area contributed by atoms with Gasteiger partial charge in [-0.05, 0) is 6.92 Å². The lowest BCUT2D eigenvalue weighted by Crippen LogP contribution is -2.32. The lowest BCUT2D eigenvalue weighted by molar-refractivity contribution is -0.128. The molecule has 7 nitrogen and oxygen atoms in total. The Morgan fingerprint density at radius 1 is 1.85 bits per heavy atom. The van der Waals surface area contributed by atoms with Crippen molar-refractivity contribution in [3.8, 4) is 0 Å². The van der Waals surface area contributed by atoms with E-state index in [1.54, 1.807) is 0 Å². The maximum atomic E-state index is 10.8. The van der Waals surface area contributed by atoms with Crippen molar-refractivity contribution in [2.24, 2.45) is 0 Å². The molecule has 1 aromatic rings. The molecule has 0 aliphatic heterocycles. The van der Waals surface area contributed by atoms with Gasteiger partial charge in [-0.15, -0.1) is 0 Å². The number of nitrogens with one attached hydrogen (secondary N) is 2. The molecule has 1 rings (SSSR count). The summed E-state index contributed by atoms with van der Waals surface area (Å²) in [5.74, 6) is -1.01. The fourth-order valence-electron chi connectivity index (χ4n) is 0.655. The van der Waals surface area contributed by atoms with Crippen LogP contribution in [-0.4, -0.2) is 27.3 Å². The summed E-state index contributed by atoms with van der Waals surface area (Å²) in [6, 6.07) is 0. The van der Waals surface area contributed by atoms with Gasteiger partial charge in [-0.1, -0.05) is 5.16 Å². The maximum absolute atomic E-state index is 10.8. The molecular weight excluding hydrogens is 178 g/mol. The highest BCUT2D eigenvalue weighted by atomic mass is 16.5. The van der Waals surface area contributed by atoms with Gasteiger partial charge in [0.15, 0.2) is 5.82 Å². The van der Waals surface area contributed by atoms with Crippen LogP contribution in [0.25, 0.3) is 0 Å². The van der Waals surface area contributed by atoms with Gasteiger partial charge in [0, 0.05) is 0 Å². The zero-order valence-electron chi connectivity index (χ0n) is 6.90. The van der Waals surface area contributed by atoms with Crippen molar-refractivity contribution in [2.75, 3.05) is 0 Å². The number of aromatic amines is 1. The largest absolute Gasteiger partial charge is 0.438 e. The molecule has 0 saturated heterocycles. The topological polar surface area (TPSA) is 108 Å². The van der Waals surface area contributed by atoms with Crippen molar-refractivity contribution in [2.45, 2.75) is 19.6 Å². The van der Waals surface area contributed by atoms with E-state index < -0.39 is 17.8 Å². The first kappa shape index (κ1) is 9.46. The summed E-state index contributed by atoms with van der Waals surface area (Å²) in [6.45, 7) is 1.36. The summed E-state index contributed by atoms with van der Waals surface area (Å²) in [5.41, 5.74) is 0. The number of aliphatic hydroxyl groups excluding tert-OH is 1. The number of rotatable bonds is 3. The molecule has 7 heteroatoms. The van der Waals surface area contributed by atoms with Crippen molar-refractivity contribution in [1.82, 2.24) is 15.5 Å². The molecule has 0 aliphatic rings. The van der Waals surface area contributed by atoms with Crippen LogP contribution >= 0.6 is 0 Å². The fourth-order valence-corrected chi connectivity index (χ4v) is 0.655. The second-order valence-corrected chi connectivity index (χ2v) is 2.44. The van der Waals surface area contributed by atoms with Crippen LogP contribution in [0.4, 0.5) is 0 Å². The van der Waals surface area contributed by atoms with Crippen LogP contribution in [0.3, 0.4) is 0 Å². The Kier molecular flexibility index (Phi) is 2.80. The van der Waals surface area contributed by atoms with Gasteiger partial charge >= 0.3 is 5.76 Å². The van der Waals surface area contributed by atoms with Gasteiger partial charge in [-0.25, -0.2) is 4.79 Å². The number of amides is 1. The predicted octanol–water partition coefficient (Wildman–Crippen LogP) is -1.64. The standard InChI is InChI=1S/C6H9N3O4/c1-3(10)5(11)7-2-4-8-6(12)13-9-4/h3,10H,2H2,1H3,(H,7,11)(H,8,9,12). The van der Waals surface area contributed by atoms with E-state index >= 15 is 0 Å². The van der Waals surface area contributed by atoms with E-state index in [-0.39, 0.29) is 12.4 Å². The summed E-state index contributed by atoms with van der Waals surface area (Å²) >= 11 is 0. The smallest absolute Gasteiger partial charge is 0.384 e. The molecule has 1 heterocycles. The summed E-state index contributed by atoms with van der Waals surface area (Å²) in [5, 5.41) is 14.4. The van der Waals surface area contributed by atoms with E-state index in [1.807, 2.05) is 0 Å². The minimum Gasteiger partial charge on any atom is -0.384 e. The molecule has 0 fully saturated rings. The summed E-state index contributed by atoms with van der Waals surface area (Å²) in [4.78, 5) is 23.5. The van der Waals surface area contributed by atoms with Crippen LogP contribution in [-0.2, 0) is 11.3 Å². The quantitative estimate of drug-likeness (QED) is 0.526. The average molecular weight is 187 g/mol.